The summed E-state index contributed by atoms with van der Waals surface area (Å²) in [6, 6.07) is 6.33. The Bertz CT molecular complexity index is 693. The lowest BCUT2D eigenvalue weighted by molar-refractivity contribution is -0.137. The smallest absolute Gasteiger partial charge is 0.328 e. The fourth-order valence-electron chi connectivity index (χ4n) is 2.66. The number of rotatable bonds is 4. The number of aromatic amines is 1. The molecule has 1 aliphatic rings. The lowest BCUT2D eigenvalue weighted by Gasteiger charge is -2.29. The van der Waals surface area contributed by atoms with E-state index in [1.807, 2.05) is 0 Å². The number of aromatic nitrogens is 2. The molecule has 1 amide bonds. The van der Waals surface area contributed by atoms with Crippen LogP contribution < -0.4 is 0 Å². The topological polar surface area (TPSA) is 49.0 Å². The Balaban J connectivity index is 1.90. The molecule has 23 heavy (non-hydrogen) atoms. The summed E-state index contributed by atoms with van der Waals surface area (Å²) >= 11 is 0. The third-order valence-electron chi connectivity index (χ3n) is 4.02. The van der Waals surface area contributed by atoms with Gasteiger partial charge < -0.3 is 4.90 Å². The molecule has 4 nitrogen and oxygen atoms in total. The molecule has 1 N–H and O–H groups in total. The van der Waals surface area contributed by atoms with Crippen LogP contribution in [0.5, 0.6) is 0 Å². The van der Waals surface area contributed by atoms with Crippen molar-refractivity contribution in [2.75, 3.05) is 0 Å². The van der Waals surface area contributed by atoms with Crippen molar-refractivity contribution in [2.24, 2.45) is 0 Å². The van der Waals surface area contributed by atoms with Crippen LogP contribution in [0.15, 0.2) is 36.5 Å². The van der Waals surface area contributed by atoms with Gasteiger partial charge in [-0.3, -0.25) is 9.89 Å². The quantitative estimate of drug-likeness (QED) is 0.930. The van der Waals surface area contributed by atoms with E-state index in [4.69, 9.17) is 0 Å². The molecule has 1 fully saturated rings. The maximum absolute atomic E-state index is 12.9. The van der Waals surface area contributed by atoms with E-state index in [-0.39, 0.29) is 11.9 Å². The van der Waals surface area contributed by atoms with Gasteiger partial charge in [0.15, 0.2) is 0 Å². The molecule has 0 saturated heterocycles. The molecule has 122 valence electrons. The van der Waals surface area contributed by atoms with E-state index in [0.29, 0.717) is 11.3 Å². The fraction of sp³-hybridized carbons (Fsp3) is 0.375. The molecule has 1 unspecified atom stereocenters. The van der Waals surface area contributed by atoms with Crippen LogP contribution in [0.1, 0.15) is 47.4 Å². The Morgan fingerprint density at radius 1 is 1.35 bits per heavy atom. The molecule has 1 atom stereocenters. The van der Waals surface area contributed by atoms with Gasteiger partial charge in [0.2, 0.25) is 0 Å². The Morgan fingerprint density at radius 3 is 2.65 bits per heavy atom. The summed E-state index contributed by atoms with van der Waals surface area (Å²) in [6.07, 6.45) is -1.19. The fourth-order valence-corrected chi connectivity index (χ4v) is 2.66. The van der Waals surface area contributed by atoms with Crippen molar-refractivity contribution in [1.82, 2.24) is 15.1 Å². The van der Waals surface area contributed by atoms with Gasteiger partial charge in [0, 0.05) is 12.2 Å². The number of H-pyrrole nitrogens is 1. The van der Waals surface area contributed by atoms with E-state index < -0.39 is 17.8 Å². The van der Waals surface area contributed by atoms with Gasteiger partial charge >= 0.3 is 6.18 Å². The van der Waals surface area contributed by atoms with E-state index in [9.17, 15) is 18.0 Å². The monoisotopic (exact) mass is 323 g/mol. The third-order valence-corrected chi connectivity index (χ3v) is 4.02. The Kier molecular flexibility index (Phi) is 3.87. The van der Waals surface area contributed by atoms with Gasteiger partial charge in [0.1, 0.15) is 5.69 Å². The zero-order valence-corrected chi connectivity index (χ0v) is 12.5. The van der Waals surface area contributed by atoms with Crippen LogP contribution >= 0.6 is 0 Å². The molecule has 0 aliphatic heterocycles. The zero-order chi connectivity index (χ0) is 16.6. The van der Waals surface area contributed by atoms with Gasteiger partial charge in [-0.1, -0.05) is 12.1 Å². The number of hydrogen-bond donors (Lipinski definition) is 1. The number of benzene rings is 1. The first kappa shape index (κ1) is 15.6. The van der Waals surface area contributed by atoms with Crippen molar-refractivity contribution in [2.45, 2.75) is 38.0 Å². The maximum Gasteiger partial charge on any atom is 0.416 e. The van der Waals surface area contributed by atoms with Crippen molar-refractivity contribution in [3.05, 3.63) is 53.3 Å². The van der Waals surface area contributed by atoms with E-state index in [0.717, 1.165) is 25.0 Å². The lowest BCUT2D eigenvalue weighted by Crippen LogP contribution is -2.36. The van der Waals surface area contributed by atoms with Crippen LogP contribution in [0.2, 0.25) is 0 Å². The number of carbonyl (C=O) groups is 1. The average molecular weight is 323 g/mol. The van der Waals surface area contributed by atoms with Gasteiger partial charge in [0.25, 0.3) is 5.91 Å². The third kappa shape index (κ3) is 3.23. The van der Waals surface area contributed by atoms with E-state index in [1.54, 1.807) is 24.0 Å². The van der Waals surface area contributed by atoms with Gasteiger partial charge in [0.05, 0.1) is 11.6 Å². The minimum Gasteiger partial charge on any atom is -0.328 e. The molecule has 1 aromatic carbocycles. The normalized spacial score (nSPS) is 16.2. The van der Waals surface area contributed by atoms with Crippen molar-refractivity contribution >= 4 is 5.91 Å². The SMILES string of the molecule is CC(c1cccc(C(F)(F)F)c1)N(C(=O)c1ccn[nH]1)C1CC1. The maximum atomic E-state index is 12.9. The van der Waals surface area contributed by atoms with Crippen molar-refractivity contribution < 1.29 is 18.0 Å². The molecule has 0 bridgehead atoms. The first-order chi connectivity index (χ1) is 10.9. The largest absolute Gasteiger partial charge is 0.416 e. The molecule has 1 saturated carbocycles. The number of nitrogens with one attached hydrogen (secondary N) is 1. The minimum absolute atomic E-state index is 0.0651. The molecular formula is C16H16F3N3O. The average Bonchev–Trinajstić information content (AvgIpc) is 3.18. The molecule has 1 aromatic heterocycles. The summed E-state index contributed by atoms with van der Waals surface area (Å²) in [5, 5.41) is 6.38. The predicted octanol–water partition coefficient (Wildman–Crippen LogP) is 3.79. The summed E-state index contributed by atoms with van der Waals surface area (Å²) in [6.45, 7) is 1.75. The lowest BCUT2D eigenvalue weighted by atomic mass is 10.0. The molecule has 1 heterocycles. The van der Waals surface area contributed by atoms with Crippen LogP contribution in [-0.2, 0) is 6.18 Å². The predicted molar refractivity (Wildman–Crippen MR) is 77.6 cm³/mol. The van der Waals surface area contributed by atoms with Crippen LogP contribution in [0.3, 0.4) is 0 Å². The number of carbonyl (C=O) groups excluding carboxylic acids is 1. The minimum atomic E-state index is -4.40. The second-order valence-corrected chi connectivity index (χ2v) is 5.71. The van der Waals surface area contributed by atoms with E-state index >= 15 is 0 Å². The number of hydrogen-bond acceptors (Lipinski definition) is 2. The zero-order valence-electron chi connectivity index (χ0n) is 12.5. The second-order valence-electron chi connectivity index (χ2n) is 5.71. The number of alkyl halides is 3. The van der Waals surface area contributed by atoms with E-state index in [2.05, 4.69) is 10.2 Å². The molecular weight excluding hydrogens is 307 g/mol. The molecule has 0 spiro atoms. The summed E-state index contributed by atoms with van der Waals surface area (Å²) in [4.78, 5) is 14.3. The standard InChI is InChI=1S/C16H16F3N3O/c1-10(11-3-2-4-12(9-11)16(17,18)19)22(13-5-6-13)15(23)14-7-8-20-21-14/h2-4,7-10,13H,5-6H2,1H3,(H,20,21). The highest BCUT2D eigenvalue weighted by atomic mass is 19.4. The molecule has 3 rings (SSSR count). The van der Waals surface area contributed by atoms with Gasteiger partial charge in [-0.05, 0) is 43.5 Å². The number of amides is 1. The van der Waals surface area contributed by atoms with Crippen LogP contribution in [0.25, 0.3) is 0 Å². The first-order valence-electron chi connectivity index (χ1n) is 7.37. The summed E-state index contributed by atoms with van der Waals surface area (Å²) in [5.74, 6) is -0.241. The van der Waals surface area contributed by atoms with Gasteiger partial charge in [-0.15, -0.1) is 0 Å². The van der Waals surface area contributed by atoms with Gasteiger partial charge in [-0.25, -0.2) is 0 Å². The van der Waals surface area contributed by atoms with Crippen LogP contribution in [0.4, 0.5) is 13.2 Å². The molecule has 1 aliphatic carbocycles. The summed E-state index contributed by atoms with van der Waals surface area (Å²) < 4.78 is 38.7. The van der Waals surface area contributed by atoms with Crippen molar-refractivity contribution in [3.8, 4) is 0 Å². The molecule has 7 heteroatoms. The van der Waals surface area contributed by atoms with Crippen molar-refractivity contribution in [1.29, 1.82) is 0 Å². The Hall–Kier alpha value is -2.31. The highest BCUT2D eigenvalue weighted by Gasteiger charge is 2.38. The first-order valence-corrected chi connectivity index (χ1v) is 7.37. The van der Waals surface area contributed by atoms with Crippen LogP contribution in [0, 0.1) is 0 Å². The Labute approximate surface area is 131 Å². The highest BCUT2D eigenvalue weighted by Crippen LogP contribution is 2.37. The summed E-state index contributed by atoms with van der Waals surface area (Å²) in [7, 11) is 0. The number of halogens is 3. The summed E-state index contributed by atoms with van der Waals surface area (Å²) in [5.41, 5.74) is 0.113. The molecule has 0 radical (unpaired) electrons. The second kappa shape index (κ2) is 5.72. The van der Waals surface area contributed by atoms with Crippen LogP contribution in [-0.4, -0.2) is 27.0 Å². The Morgan fingerprint density at radius 2 is 2.09 bits per heavy atom. The molecule has 2 aromatic rings. The highest BCUT2D eigenvalue weighted by molar-refractivity contribution is 5.92. The van der Waals surface area contributed by atoms with Gasteiger partial charge in [-0.2, -0.15) is 18.3 Å². The van der Waals surface area contributed by atoms with Crippen molar-refractivity contribution in [3.63, 3.8) is 0 Å². The number of nitrogens with zero attached hydrogens (tertiary/aromatic N) is 2. The van der Waals surface area contributed by atoms with E-state index in [1.165, 1.54) is 12.3 Å².